The predicted molar refractivity (Wildman–Crippen MR) is 61.9 cm³/mol. The zero-order valence-corrected chi connectivity index (χ0v) is 9.84. The van der Waals surface area contributed by atoms with Crippen LogP contribution in [-0.4, -0.2) is 17.7 Å². The number of alkyl halides is 3. The third-order valence-corrected chi connectivity index (χ3v) is 2.38. The molecule has 0 fully saturated rings. The van der Waals surface area contributed by atoms with Gasteiger partial charge in [0, 0.05) is 19.0 Å². The highest BCUT2D eigenvalue weighted by atomic mass is 19.4. The lowest BCUT2D eigenvalue weighted by atomic mass is 10.0. The average molecular weight is 242 g/mol. The van der Waals surface area contributed by atoms with Crippen LogP contribution in [0.3, 0.4) is 0 Å². The summed E-state index contributed by atoms with van der Waals surface area (Å²) in [7, 11) is 1.60. The van der Waals surface area contributed by atoms with Crippen LogP contribution in [0.1, 0.15) is 25.1 Å². The Morgan fingerprint density at radius 1 is 1.41 bits per heavy atom. The molecule has 0 unspecified atom stereocenters. The van der Waals surface area contributed by atoms with Crippen LogP contribution >= 0.6 is 0 Å². The van der Waals surface area contributed by atoms with Crippen LogP contribution in [0, 0.1) is 0 Å². The maximum absolute atomic E-state index is 12.5. The normalized spacial score (nSPS) is 14.0. The molecule has 0 bridgehead atoms. The Morgan fingerprint density at radius 3 is 2.53 bits per heavy atom. The second-order valence-electron chi connectivity index (χ2n) is 3.44. The van der Waals surface area contributed by atoms with Crippen molar-refractivity contribution in [3.8, 4) is 0 Å². The molecule has 0 saturated carbocycles. The fraction of sp³-hybridized carbons (Fsp3) is 0.333. The quantitative estimate of drug-likeness (QED) is 0.727. The first kappa shape index (κ1) is 13.4. The lowest BCUT2D eigenvalue weighted by Gasteiger charge is -2.10. The van der Waals surface area contributed by atoms with Gasteiger partial charge in [0.1, 0.15) is 5.69 Å². The zero-order chi connectivity index (χ0) is 13.1. The summed E-state index contributed by atoms with van der Waals surface area (Å²) in [5, 5.41) is 0. The molecule has 5 heteroatoms. The maximum Gasteiger partial charge on any atom is 0.433 e. The molecule has 1 aromatic rings. The van der Waals surface area contributed by atoms with Gasteiger partial charge in [0.05, 0.1) is 0 Å². The van der Waals surface area contributed by atoms with Crippen LogP contribution in [0.25, 0.3) is 5.57 Å². The van der Waals surface area contributed by atoms with Crippen molar-refractivity contribution in [1.29, 1.82) is 0 Å². The first-order valence-electron chi connectivity index (χ1n) is 5.03. The molecule has 92 valence electrons. The van der Waals surface area contributed by atoms with Gasteiger partial charge in [-0.3, -0.25) is 9.98 Å². The molecule has 0 aliphatic carbocycles. The Hall–Kier alpha value is -1.65. The van der Waals surface area contributed by atoms with Gasteiger partial charge in [-0.25, -0.2) is 0 Å². The predicted octanol–water partition coefficient (Wildman–Crippen LogP) is 3.59. The topological polar surface area (TPSA) is 25.2 Å². The third kappa shape index (κ3) is 3.15. The Morgan fingerprint density at radius 2 is 2.06 bits per heavy atom. The summed E-state index contributed by atoms with van der Waals surface area (Å²) in [4.78, 5) is 7.30. The van der Waals surface area contributed by atoms with E-state index < -0.39 is 11.9 Å². The molecule has 0 amide bonds. The minimum absolute atomic E-state index is 0.470. The molecule has 0 saturated heterocycles. The molecule has 17 heavy (non-hydrogen) atoms. The number of aliphatic imine (C=N–C) groups is 1. The lowest BCUT2D eigenvalue weighted by molar-refractivity contribution is -0.141. The molecule has 0 atom stereocenters. The summed E-state index contributed by atoms with van der Waals surface area (Å²) < 4.78 is 37.5. The number of rotatable bonds is 2. The van der Waals surface area contributed by atoms with E-state index in [4.69, 9.17) is 0 Å². The SMILES string of the molecule is C/C=C(\C(C)=N/C)c1ccnc(C(F)(F)F)c1. The summed E-state index contributed by atoms with van der Waals surface area (Å²) in [5.41, 5.74) is 0.948. The molecular weight excluding hydrogens is 229 g/mol. The molecule has 0 aromatic carbocycles. The van der Waals surface area contributed by atoms with Crippen molar-refractivity contribution >= 4 is 11.3 Å². The van der Waals surface area contributed by atoms with E-state index in [0.717, 1.165) is 12.3 Å². The standard InChI is InChI=1S/C12H13F3N2/c1-4-10(8(2)16-3)9-5-6-17-11(7-9)12(13,14)15/h4-7H,1-3H3/b10-4+,16-8-. The van der Waals surface area contributed by atoms with Crippen molar-refractivity contribution in [3.05, 3.63) is 35.7 Å². The number of pyridine rings is 1. The minimum Gasteiger partial charge on any atom is -0.293 e. The van der Waals surface area contributed by atoms with E-state index in [1.54, 1.807) is 33.0 Å². The van der Waals surface area contributed by atoms with Gasteiger partial charge in [-0.1, -0.05) is 6.08 Å². The second kappa shape index (κ2) is 5.12. The Labute approximate surface area is 97.9 Å². The van der Waals surface area contributed by atoms with Crippen molar-refractivity contribution < 1.29 is 13.2 Å². The van der Waals surface area contributed by atoms with Gasteiger partial charge in [-0.15, -0.1) is 0 Å². The van der Waals surface area contributed by atoms with Gasteiger partial charge in [0.15, 0.2) is 0 Å². The van der Waals surface area contributed by atoms with Crippen molar-refractivity contribution in [3.63, 3.8) is 0 Å². The molecular formula is C12H13F3N2. The molecule has 0 spiro atoms. The van der Waals surface area contributed by atoms with Gasteiger partial charge in [0.2, 0.25) is 0 Å². The maximum atomic E-state index is 12.5. The van der Waals surface area contributed by atoms with Gasteiger partial charge >= 0.3 is 6.18 Å². The van der Waals surface area contributed by atoms with E-state index in [0.29, 0.717) is 16.8 Å². The number of hydrogen-bond acceptors (Lipinski definition) is 2. The Balaban J connectivity index is 3.25. The summed E-state index contributed by atoms with van der Waals surface area (Å²) in [5.74, 6) is 0. The van der Waals surface area contributed by atoms with Crippen LogP contribution in [0.4, 0.5) is 13.2 Å². The van der Waals surface area contributed by atoms with E-state index in [2.05, 4.69) is 9.98 Å². The van der Waals surface area contributed by atoms with E-state index in [1.165, 1.54) is 0 Å². The first-order chi connectivity index (χ1) is 7.90. The number of nitrogens with zero attached hydrogens (tertiary/aromatic N) is 2. The van der Waals surface area contributed by atoms with Gasteiger partial charge in [-0.2, -0.15) is 13.2 Å². The van der Waals surface area contributed by atoms with E-state index in [1.807, 2.05) is 0 Å². The monoisotopic (exact) mass is 242 g/mol. The second-order valence-corrected chi connectivity index (χ2v) is 3.44. The Kier molecular flexibility index (Phi) is 4.04. The summed E-state index contributed by atoms with van der Waals surface area (Å²) in [6.45, 7) is 3.51. The zero-order valence-electron chi connectivity index (χ0n) is 9.84. The largest absolute Gasteiger partial charge is 0.433 e. The van der Waals surface area contributed by atoms with Crippen LogP contribution in [0.15, 0.2) is 29.4 Å². The van der Waals surface area contributed by atoms with Gasteiger partial charge in [0.25, 0.3) is 0 Å². The van der Waals surface area contributed by atoms with Gasteiger partial charge in [-0.05, 0) is 37.1 Å². The number of hydrogen-bond donors (Lipinski definition) is 0. The number of aromatic nitrogens is 1. The van der Waals surface area contributed by atoms with Crippen molar-refractivity contribution in [2.24, 2.45) is 4.99 Å². The molecule has 0 radical (unpaired) electrons. The molecule has 2 nitrogen and oxygen atoms in total. The van der Waals surface area contributed by atoms with Crippen LogP contribution < -0.4 is 0 Å². The molecule has 0 aliphatic rings. The molecule has 1 rings (SSSR count). The molecule has 1 aromatic heterocycles. The van der Waals surface area contributed by atoms with Crippen molar-refractivity contribution in [2.75, 3.05) is 7.05 Å². The molecule has 0 aliphatic heterocycles. The van der Waals surface area contributed by atoms with E-state index in [9.17, 15) is 13.2 Å². The lowest BCUT2D eigenvalue weighted by Crippen LogP contribution is -2.09. The van der Waals surface area contributed by atoms with E-state index >= 15 is 0 Å². The third-order valence-electron chi connectivity index (χ3n) is 2.38. The Bertz CT molecular complexity index is 459. The van der Waals surface area contributed by atoms with Crippen molar-refractivity contribution in [2.45, 2.75) is 20.0 Å². The van der Waals surface area contributed by atoms with Crippen molar-refractivity contribution in [1.82, 2.24) is 4.98 Å². The highest BCUT2D eigenvalue weighted by molar-refractivity contribution is 6.22. The molecule has 1 heterocycles. The first-order valence-corrected chi connectivity index (χ1v) is 5.03. The van der Waals surface area contributed by atoms with Crippen LogP contribution in [-0.2, 0) is 6.18 Å². The number of allylic oxidation sites excluding steroid dienone is 2. The molecule has 0 N–H and O–H groups in total. The summed E-state index contributed by atoms with van der Waals surface area (Å²) >= 11 is 0. The van der Waals surface area contributed by atoms with Crippen LogP contribution in [0.2, 0.25) is 0 Å². The highest BCUT2D eigenvalue weighted by Gasteiger charge is 2.32. The van der Waals surface area contributed by atoms with E-state index in [-0.39, 0.29) is 0 Å². The number of halogens is 3. The fourth-order valence-corrected chi connectivity index (χ4v) is 1.46. The summed E-state index contributed by atoms with van der Waals surface area (Å²) in [6.07, 6.45) is -1.53. The average Bonchev–Trinajstić information content (AvgIpc) is 2.29. The fourth-order valence-electron chi connectivity index (χ4n) is 1.46. The minimum atomic E-state index is -4.42. The van der Waals surface area contributed by atoms with Gasteiger partial charge < -0.3 is 0 Å². The van der Waals surface area contributed by atoms with Crippen LogP contribution in [0.5, 0.6) is 0 Å². The smallest absolute Gasteiger partial charge is 0.293 e. The summed E-state index contributed by atoms with van der Waals surface area (Å²) in [6, 6.07) is 2.57. The highest BCUT2D eigenvalue weighted by Crippen LogP contribution is 2.29.